The molecule has 26 heavy (non-hydrogen) atoms. The number of ether oxygens (including phenoxy) is 4. The number of benzene rings is 1. The van der Waals surface area contributed by atoms with Gasteiger partial charge >= 0.3 is 0 Å². The monoisotopic (exact) mass is 364 g/mol. The van der Waals surface area contributed by atoms with Crippen LogP contribution in [0.5, 0.6) is 11.5 Å². The lowest BCUT2D eigenvalue weighted by atomic mass is 9.93. The first kappa shape index (κ1) is 19.4. The Morgan fingerprint density at radius 3 is 2.08 bits per heavy atom. The highest BCUT2D eigenvalue weighted by molar-refractivity contribution is 5.51. The van der Waals surface area contributed by atoms with Crippen molar-refractivity contribution in [3.63, 3.8) is 0 Å². The van der Waals surface area contributed by atoms with Crippen molar-refractivity contribution in [1.82, 2.24) is 0 Å². The van der Waals surface area contributed by atoms with E-state index in [2.05, 4.69) is 6.07 Å². The van der Waals surface area contributed by atoms with E-state index >= 15 is 0 Å². The van der Waals surface area contributed by atoms with Crippen LogP contribution in [0, 0.1) is 0 Å². The second-order valence-corrected chi connectivity index (χ2v) is 7.30. The Balaban J connectivity index is 1.82. The molecule has 2 fully saturated rings. The van der Waals surface area contributed by atoms with Gasteiger partial charge in [0.2, 0.25) is 0 Å². The zero-order valence-electron chi connectivity index (χ0n) is 15.9. The maximum absolute atomic E-state index is 6.53. The summed E-state index contributed by atoms with van der Waals surface area (Å²) in [6, 6.07) is 3.73. The third-order valence-corrected chi connectivity index (χ3v) is 5.44. The molecule has 0 amide bonds. The van der Waals surface area contributed by atoms with Gasteiger partial charge in [0.15, 0.2) is 11.5 Å². The van der Waals surface area contributed by atoms with Gasteiger partial charge in [0, 0.05) is 30.9 Å². The first-order valence-corrected chi connectivity index (χ1v) is 9.62. The quantitative estimate of drug-likeness (QED) is 0.737. The Morgan fingerprint density at radius 1 is 0.962 bits per heavy atom. The fourth-order valence-electron chi connectivity index (χ4n) is 4.00. The van der Waals surface area contributed by atoms with Crippen LogP contribution in [0.1, 0.15) is 61.7 Å². The van der Waals surface area contributed by atoms with Crippen molar-refractivity contribution >= 4 is 0 Å². The summed E-state index contributed by atoms with van der Waals surface area (Å²) in [5, 5.41) is 0. The molecular weight excluding hydrogens is 332 g/mol. The van der Waals surface area contributed by atoms with E-state index in [0.29, 0.717) is 11.5 Å². The Labute approximate surface area is 156 Å². The topological polar surface area (TPSA) is 89.0 Å². The van der Waals surface area contributed by atoms with Crippen molar-refractivity contribution in [3.8, 4) is 11.5 Å². The minimum Gasteiger partial charge on any atom is -0.493 e. The Hall–Kier alpha value is -1.34. The van der Waals surface area contributed by atoms with Crippen LogP contribution in [0.25, 0.3) is 0 Å². The summed E-state index contributed by atoms with van der Waals surface area (Å²) in [6.07, 6.45) is 6.37. The molecule has 2 heterocycles. The highest BCUT2D eigenvalue weighted by atomic mass is 16.5. The first-order chi connectivity index (χ1) is 12.6. The summed E-state index contributed by atoms with van der Waals surface area (Å²) in [6.45, 7) is 1.66. The molecule has 0 bridgehead atoms. The van der Waals surface area contributed by atoms with E-state index in [4.69, 9.17) is 30.4 Å². The van der Waals surface area contributed by atoms with E-state index in [-0.39, 0.29) is 24.3 Å². The Morgan fingerprint density at radius 2 is 1.58 bits per heavy atom. The lowest BCUT2D eigenvalue weighted by Crippen LogP contribution is -2.21. The van der Waals surface area contributed by atoms with Gasteiger partial charge in [-0.2, -0.15) is 0 Å². The third kappa shape index (κ3) is 4.49. The number of rotatable bonds is 8. The van der Waals surface area contributed by atoms with Crippen LogP contribution >= 0.6 is 0 Å². The number of methoxy groups -OCH3 is 2. The van der Waals surface area contributed by atoms with Gasteiger partial charge in [-0.25, -0.2) is 0 Å². The molecule has 4 unspecified atom stereocenters. The Kier molecular flexibility index (Phi) is 6.75. The fourth-order valence-corrected chi connectivity index (χ4v) is 4.00. The molecule has 4 atom stereocenters. The van der Waals surface area contributed by atoms with Crippen LogP contribution < -0.4 is 20.9 Å². The van der Waals surface area contributed by atoms with E-state index in [1.165, 1.54) is 0 Å². The van der Waals surface area contributed by atoms with Gasteiger partial charge < -0.3 is 30.4 Å². The second-order valence-electron chi connectivity index (χ2n) is 7.30. The predicted molar refractivity (Wildman–Crippen MR) is 101 cm³/mol. The van der Waals surface area contributed by atoms with E-state index in [9.17, 15) is 0 Å². The van der Waals surface area contributed by atoms with Crippen LogP contribution in [0.3, 0.4) is 0 Å². The lowest BCUT2D eigenvalue weighted by Gasteiger charge is -2.24. The average molecular weight is 364 g/mol. The van der Waals surface area contributed by atoms with Gasteiger partial charge in [-0.1, -0.05) is 0 Å². The summed E-state index contributed by atoms with van der Waals surface area (Å²) < 4.78 is 22.7. The normalized spacial score (nSPS) is 25.2. The third-order valence-electron chi connectivity index (χ3n) is 5.44. The van der Waals surface area contributed by atoms with E-state index in [1.54, 1.807) is 14.2 Å². The summed E-state index contributed by atoms with van der Waals surface area (Å²) in [7, 11) is 3.29. The molecule has 0 aromatic heterocycles. The van der Waals surface area contributed by atoms with Crippen LogP contribution in [-0.2, 0) is 9.47 Å². The molecule has 2 aliphatic heterocycles. The van der Waals surface area contributed by atoms with E-state index in [1.807, 2.05) is 6.07 Å². The molecule has 1 aromatic rings. The lowest BCUT2D eigenvalue weighted by molar-refractivity contribution is 0.0977. The van der Waals surface area contributed by atoms with Gasteiger partial charge in [-0.05, 0) is 56.2 Å². The zero-order chi connectivity index (χ0) is 18.5. The van der Waals surface area contributed by atoms with Crippen LogP contribution in [0.2, 0.25) is 0 Å². The smallest absolute Gasteiger partial charge is 0.165 e. The molecule has 0 radical (unpaired) electrons. The molecule has 6 heteroatoms. The molecule has 0 saturated carbocycles. The highest BCUT2D eigenvalue weighted by Crippen LogP contribution is 2.39. The summed E-state index contributed by atoms with van der Waals surface area (Å²) in [5.74, 6) is 1.36. The number of nitrogens with two attached hydrogens (primary N) is 2. The molecule has 2 aliphatic rings. The first-order valence-electron chi connectivity index (χ1n) is 9.62. The van der Waals surface area contributed by atoms with Crippen LogP contribution in [0.4, 0.5) is 0 Å². The molecule has 0 aliphatic carbocycles. The van der Waals surface area contributed by atoms with Crippen LogP contribution in [-0.4, -0.2) is 39.6 Å². The molecule has 3 rings (SSSR count). The summed E-state index contributed by atoms with van der Waals surface area (Å²) in [5.41, 5.74) is 14.9. The minimum absolute atomic E-state index is 0.119. The average Bonchev–Trinajstić information content (AvgIpc) is 3.34. The van der Waals surface area contributed by atoms with E-state index < -0.39 is 0 Å². The molecule has 1 aromatic carbocycles. The van der Waals surface area contributed by atoms with Gasteiger partial charge in [0.1, 0.15) is 0 Å². The van der Waals surface area contributed by atoms with Crippen molar-refractivity contribution in [2.24, 2.45) is 11.5 Å². The molecule has 6 nitrogen and oxygen atoms in total. The van der Waals surface area contributed by atoms with Crippen molar-refractivity contribution in [3.05, 3.63) is 23.3 Å². The summed E-state index contributed by atoms with van der Waals surface area (Å²) in [4.78, 5) is 0. The molecule has 0 spiro atoms. The summed E-state index contributed by atoms with van der Waals surface area (Å²) >= 11 is 0. The molecule has 2 saturated heterocycles. The molecule has 4 N–H and O–H groups in total. The van der Waals surface area contributed by atoms with Crippen molar-refractivity contribution in [1.29, 1.82) is 0 Å². The largest absolute Gasteiger partial charge is 0.493 e. The SMILES string of the molecule is COc1cc(C(N)CC2CCCO2)cc(C(N)CC2CCCO2)c1OC. The van der Waals surface area contributed by atoms with Gasteiger partial charge in [0.05, 0.1) is 26.4 Å². The van der Waals surface area contributed by atoms with Crippen molar-refractivity contribution in [2.75, 3.05) is 27.4 Å². The standard InChI is InChI=1S/C20H32N2O4/c1-23-19-10-13(17(21)11-14-5-3-7-25-14)9-16(20(19)24-2)18(22)12-15-6-4-8-26-15/h9-10,14-15,17-18H,3-8,11-12,21-22H2,1-2H3. The fraction of sp³-hybridized carbons (Fsp3) is 0.700. The highest BCUT2D eigenvalue weighted by Gasteiger charge is 2.26. The second kappa shape index (κ2) is 9.04. The minimum atomic E-state index is -0.183. The predicted octanol–water partition coefficient (Wildman–Crippen LogP) is 2.84. The van der Waals surface area contributed by atoms with Gasteiger partial charge in [-0.3, -0.25) is 0 Å². The van der Waals surface area contributed by atoms with E-state index in [0.717, 1.165) is 62.9 Å². The number of hydrogen-bond acceptors (Lipinski definition) is 6. The molecular formula is C20H32N2O4. The Bertz CT molecular complexity index is 583. The van der Waals surface area contributed by atoms with Crippen molar-refractivity contribution in [2.45, 2.75) is 62.8 Å². The van der Waals surface area contributed by atoms with Crippen molar-refractivity contribution < 1.29 is 18.9 Å². The number of hydrogen-bond donors (Lipinski definition) is 2. The maximum atomic E-state index is 6.53. The zero-order valence-corrected chi connectivity index (χ0v) is 15.9. The van der Waals surface area contributed by atoms with Gasteiger partial charge in [-0.15, -0.1) is 0 Å². The molecule has 146 valence electrons. The maximum Gasteiger partial charge on any atom is 0.165 e. The van der Waals surface area contributed by atoms with Crippen LogP contribution in [0.15, 0.2) is 12.1 Å². The van der Waals surface area contributed by atoms with Gasteiger partial charge in [0.25, 0.3) is 0 Å².